The second-order valence-corrected chi connectivity index (χ2v) is 10.9. The predicted molar refractivity (Wildman–Crippen MR) is 123 cm³/mol. The van der Waals surface area contributed by atoms with Crippen LogP contribution in [-0.4, -0.2) is 54.7 Å². The Morgan fingerprint density at radius 2 is 1.70 bits per heavy atom. The number of hydrogen-bond acceptors (Lipinski definition) is 5. The molecule has 0 spiro atoms. The van der Waals surface area contributed by atoms with E-state index in [0.717, 1.165) is 27.0 Å². The topological polar surface area (TPSA) is 70.6 Å². The van der Waals surface area contributed by atoms with Crippen LogP contribution >= 0.6 is 11.3 Å². The molecule has 0 atom stereocenters. The number of benzene rings is 2. The standard InChI is InChI=1S/C23H23F2N3O3S2/c1-15(2)16-3-5-17(6-4-16)22-26-20(14-32-22)23(29)27-9-11-28(12-10-27)33(30,31)21-8-7-18(24)13-19(21)25/h3-8,13-15H,9-12H2,1-2H3. The zero-order chi connectivity index (χ0) is 23.8. The Hall–Kier alpha value is -2.69. The molecule has 0 bridgehead atoms. The molecule has 1 saturated heterocycles. The Bertz CT molecular complexity index is 1270. The second-order valence-electron chi connectivity index (χ2n) is 8.09. The Labute approximate surface area is 195 Å². The largest absolute Gasteiger partial charge is 0.335 e. The summed E-state index contributed by atoms with van der Waals surface area (Å²) in [5.74, 6) is -1.83. The van der Waals surface area contributed by atoms with Gasteiger partial charge in [-0.1, -0.05) is 38.1 Å². The van der Waals surface area contributed by atoms with E-state index in [4.69, 9.17) is 0 Å². The van der Waals surface area contributed by atoms with Gasteiger partial charge in [0.2, 0.25) is 10.0 Å². The van der Waals surface area contributed by atoms with Crippen molar-refractivity contribution >= 4 is 27.3 Å². The molecule has 2 heterocycles. The summed E-state index contributed by atoms with van der Waals surface area (Å²) in [5.41, 5.74) is 2.46. The van der Waals surface area contributed by atoms with Crippen LogP contribution in [0.4, 0.5) is 8.78 Å². The fraction of sp³-hybridized carbons (Fsp3) is 0.304. The summed E-state index contributed by atoms with van der Waals surface area (Å²) >= 11 is 1.38. The van der Waals surface area contributed by atoms with E-state index < -0.39 is 26.6 Å². The highest BCUT2D eigenvalue weighted by Gasteiger charge is 2.32. The summed E-state index contributed by atoms with van der Waals surface area (Å²) in [6.07, 6.45) is 0. The van der Waals surface area contributed by atoms with Crippen LogP contribution in [0.5, 0.6) is 0 Å². The quantitative estimate of drug-likeness (QED) is 0.532. The lowest BCUT2D eigenvalue weighted by atomic mass is 10.0. The summed E-state index contributed by atoms with van der Waals surface area (Å²) in [7, 11) is -4.12. The van der Waals surface area contributed by atoms with Crippen molar-refractivity contribution in [1.82, 2.24) is 14.2 Å². The van der Waals surface area contributed by atoms with Crippen LogP contribution < -0.4 is 0 Å². The van der Waals surface area contributed by atoms with Crippen LogP contribution in [0.3, 0.4) is 0 Å². The van der Waals surface area contributed by atoms with Crippen molar-refractivity contribution in [2.24, 2.45) is 0 Å². The Balaban J connectivity index is 1.42. The third-order valence-electron chi connectivity index (χ3n) is 5.59. The monoisotopic (exact) mass is 491 g/mol. The molecule has 1 aliphatic heterocycles. The highest BCUT2D eigenvalue weighted by atomic mass is 32.2. The zero-order valence-electron chi connectivity index (χ0n) is 18.2. The maximum absolute atomic E-state index is 14.0. The average Bonchev–Trinajstić information content (AvgIpc) is 3.29. The molecule has 0 radical (unpaired) electrons. The summed E-state index contributed by atoms with van der Waals surface area (Å²) in [6.45, 7) is 4.57. The molecule has 10 heteroatoms. The molecule has 1 fully saturated rings. The van der Waals surface area contributed by atoms with E-state index in [1.165, 1.54) is 21.8 Å². The molecule has 33 heavy (non-hydrogen) atoms. The Kier molecular flexibility index (Phi) is 6.60. The number of thiazole rings is 1. The van der Waals surface area contributed by atoms with Crippen LogP contribution in [0.1, 0.15) is 35.8 Å². The van der Waals surface area contributed by atoms with Gasteiger partial charge in [-0.3, -0.25) is 4.79 Å². The lowest BCUT2D eigenvalue weighted by Crippen LogP contribution is -2.50. The summed E-state index contributed by atoms with van der Waals surface area (Å²) < 4.78 is 53.7. The van der Waals surface area contributed by atoms with Gasteiger partial charge in [0.1, 0.15) is 27.2 Å². The van der Waals surface area contributed by atoms with E-state index in [9.17, 15) is 22.0 Å². The van der Waals surface area contributed by atoms with Crippen molar-refractivity contribution in [3.05, 3.63) is 70.7 Å². The minimum Gasteiger partial charge on any atom is -0.335 e. The maximum Gasteiger partial charge on any atom is 0.273 e. The van der Waals surface area contributed by atoms with Crippen LogP contribution in [0.25, 0.3) is 10.6 Å². The fourth-order valence-electron chi connectivity index (χ4n) is 3.63. The summed E-state index contributed by atoms with van der Waals surface area (Å²) in [4.78, 5) is 18.3. The van der Waals surface area contributed by atoms with Crippen LogP contribution in [-0.2, 0) is 10.0 Å². The number of aromatic nitrogens is 1. The zero-order valence-corrected chi connectivity index (χ0v) is 19.8. The van der Waals surface area contributed by atoms with Gasteiger partial charge < -0.3 is 4.90 Å². The van der Waals surface area contributed by atoms with E-state index in [0.29, 0.717) is 17.7 Å². The molecule has 1 amide bonds. The Morgan fingerprint density at radius 3 is 2.30 bits per heavy atom. The van der Waals surface area contributed by atoms with Crippen LogP contribution in [0, 0.1) is 11.6 Å². The first kappa shape index (κ1) is 23.5. The minimum absolute atomic E-state index is 0.0124. The summed E-state index contributed by atoms with van der Waals surface area (Å²) in [5, 5.41) is 2.44. The van der Waals surface area contributed by atoms with Gasteiger partial charge in [-0.25, -0.2) is 22.2 Å². The first-order valence-corrected chi connectivity index (χ1v) is 12.8. The molecule has 174 valence electrons. The predicted octanol–water partition coefficient (Wildman–Crippen LogP) is 4.36. The van der Waals surface area contributed by atoms with Gasteiger partial charge in [-0.2, -0.15) is 4.31 Å². The van der Waals surface area contributed by atoms with Gasteiger partial charge in [-0.15, -0.1) is 11.3 Å². The summed E-state index contributed by atoms with van der Waals surface area (Å²) in [6, 6.07) is 10.4. The third kappa shape index (κ3) is 4.83. The molecule has 6 nitrogen and oxygen atoms in total. The molecule has 1 aliphatic rings. The van der Waals surface area contributed by atoms with Crippen molar-refractivity contribution in [2.75, 3.05) is 26.2 Å². The van der Waals surface area contributed by atoms with E-state index in [2.05, 4.69) is 18.8 Å². The van der Waals surface area contributed by atoms with Gasteiger partial charge in [0.25, 0.3) is 5.91 Å². The van der Waals surface area contributed by atoms with E-state index in [-0.39, 0.29) is 32.1 Å². The van der Waals surface area contributed by atoms with Crippen molar-refractivity contribution in [3.8, 4) is 10.6 Å². The minimum atomic E-state index is -4.12. The molecule has 0 N–H and O–H groups in total. The van der Waals surface area contributed by atoms with E-state index >= 15 is 0 Å². The normalized spacial score (nSPS) is 15.2. The Morgan fingerprint density at radius 1 is 1.03 bits per heavy atom. The highest BCUT2D eigenvalue weighted by molar-refractivity contribution is 7.89. The lowest BCUT2D eigenvalue weighted by Gasteiger charge is -2.33. The molecule has 1 aromatic heterocycles. The van der Waals surface area contributed by atoms with Gasteiger partial charge >= 0.3 is 0 Å². The lowest BCUT2D eigenvalue weighted by molar-refractivity contribution is 0.0692. The first-order chi connectivity index (χ1) is 15.7. The average molecular weight is 492 g/mol. The molecule has 3 aromatic rings. The number of amides is 1. The van der Waals surface area contributed by atoms with Crippen LogP contribution in [0.2, 0.25) is 0 Å². The second kappa shape index (κ2) is 9.28. The number of carbonyl (C=O) groups excluding carboxylic acids is 1. The molecule has 0 unspecified atom stereocenters. The van der Waals surface area contributed by atoms with Crippen molar-refractivity contribution in [3.63, 3.8) is 0 Å². The van der Waals surface area contributed by atoms with Gasteiger partial charge in [-0.05, 0) is 23.6 Å². The number of hydrogen-bond donors (Lipinski definition) is 0. The molecule has 4 rings (SSSR count). The molecule has 0 saturated carbocycles. The number of piperazine rings is 1. The van der Waals surface area contributed by atoms with Crippen molar-refractivity contribution in [1.29, 1.82) is 0 Å². The van der Waals surface area contributed by atoms with E-state index in [1.807, 2.05) is 24.3 Å². The van der Waals surface area contributed by atoms with Gasteiger partial charge in [0, 0.05) is 43.2 Å². The highest BCUT2D eigenvalue weighted by Crippen LogP contribution is 2.27. The smallest absolute Gasteiger partial charge is 0.273 e. The number of rotatable bonds is 5. The van der Waals surface area contributed by atoms with Gasteiger partial charge in [0.15, 0.2) is 0 Å². The van der Waals surface area contributed by atoms with E-state index in [1.54, 1.807) is 5.38 Å². The molecule has 2 aromatic carbocycles. The van der Waals surface area contributed by atoms with Crippen LogP contribution in [0.15, 0.2) is 52.7 Å². The van der Waals surface area contributed by atoms with Crippen molar-refractivity contribution in [2.45, 2.75) is 24.7 Å². The number of nitrogens with zero attached hydrogens (tertiary/aromatic N) is 3. The fourth-order valence-corrected chi connectivity index (χ4v) is 5.90. The number of carbonyl (C=O) groups is 1. The SMILES string of the molecule is CC(C)c1ccc(-c2nc(C(=O)N3CCN(S(=O)(=O)c4ccc(F)cc4F)CC3)cs2)cc1. The van der Waals surface area contributed by atoms with Gasteiger partial charge in [0.05, 0.1) is 0 Å². The van der Waals surface area contributed by atoms with Crippen molar-refractivity contribution < 1.29 is 22.0 Å². The number of halogens is 2. The molecule has 0 aliphatic carbocycles. The third-order valence-corrected chi connectivity index (χ3v) is 8.41. The number of sulfonamides is 1. The first-order valence-electron chi connectivity index (χ1n) is 10.5. The molecular formula is C23H23F2N3O3S2. The maximum atomic E-state index is 14.0. The molecular weight excluding hydrogens is 468 g/mol.